The van der Waals surface area contributed by atoms with Crippen molar-refractivity contribution >= 4 is 11.7 Å². The topological polar surface area (TPSA) is 37.4 Å². The average Bonchev–Trinajstić information content (AvgIpc) is 2.52. The fraction of sp³-hybridized carbons (Fsp3) is 0.905. The molecule has 2 aliphatic rings. The van der Waals surface area contributed by atoms with Crippen molar-refractivity contribution in [3.8, 4) is 0 Å². The first kappa shape index (κ1) is 19.5. The van der Waals surface area contributed by atoms with E-state index in [-0.39, 0.29) is 17.3 Å². The minimum atomic E-state index is -0.262. The van der Waals surface area contributed by atoms with Crippen LogP contribution in [-0.4, -0.2) is 29.7 Å². The Morgan fingerprint density at radius 1 is 0.750 bits per heavy atom. The van der Waals surface area contributed by atoms with Gasteiger partial charge in [0.1, 0.15) is 5.78 Å². The Balaban J connectivity index is 1.83. The second kappa shape index (κ2) is 7.17. The van der Waals surface area contributed by atoms with Crippen molar-refractivity contribution < 1.29 is 9.59 Å². The van der Waals surface area contributed by atoms with Gasteiger partial charge < -0.3 is 4.90 Å². The maximum atomic E-state index is 12.8. The predicted octanol–water partition coefficient (Wildman–Crippen LogP) is 4.69. The number of amides is 1. The molecule has 1 saturated heterocycles. The number of ketones is 1. The molecule has 2 rings (SSSR count). The van der Waals surface area contributed by atoms with Crippen molar-refractivity contribution in [2.45, 2.75) is 80.1 Å². The molecule has 1 amide bonds. The first-order valence-electron chi connectivity index (χ1n) is 9.83. The van der Waals surface area contributed by atoms with Crippen LogP contribution in [0.1, 0.15) is 80.1 Å². The van der Waals surface area contributed by atoms with E-state index in [1.165, 1.54) is 12.8 Å². The third-order valence-corrected chi connectivity index (χ3v) is 6.22. The lowest BCUT2D eigenvalue weighted by Crippen LogP contribution is -2.45. The van der Waals surface area contributed by atoms with Crippen LogP contribution in [0.4, 0.5) is 0 Å². The zero-order chi connectivity index (χ0) is 18.1. The smallest absolute Gasteiger partial charge is 0.225 e. The summed E-state index contributed by atoms with van der Waals surface area (Å²) in [7, 11) is 0. The van der Waals surface area contributed by atoms with Gasteiger partial charge in [-0.2, -0.15) is 0 Å². The fourth-order valence-corrected chi connectivity index (χ4v) is 4.44. The summed E-state index contributed by atoms with van der Waals surface area (Å²) in [5.41, 5.74) is 0.0991. The van der Waals surface area contributed by atoms with E-state index in [4.69, 9.17) is 0 Å². The van der Waals surface area contributed by atoms with E-state index in [9.17, 15) is 9.59 Å². The molecule has 3 heteroatoms. The second-order valence-corrected chi connectivity index (χ2v) is 10.1. The minimum Gasteiger partial charge on any atom is -0.342 e. The van der Waals surface area contributed by atoms with Gasteiger partial charge in [0.15, 0.2) is 0 Å². The summed E-state index contributed by atoms with van der Waals surface area (Å²) < 4.78 is 0. The van der Waals surface area contributed by atoms with Crippen molar-refractivity contribution in [2.75, 3.05) is 13.1 Å². The summed E-state index contributed by atoms with van der Waals surface area (Å²) in [4.78, 5) is 27.3. The molecule has 0 aromatic heterocycles. The summed E-state index contributed by atoms with van der Waals surface area (Å²) in [6.45, 7) is 14.5. The van der Waals surface area contributed by atoms with Crippen LogP contribution in [0.15, 0.2) is 0 Å². The van der Waals surface area contributed by atoms with Gasteiger partial charge in [-0.3, -0.25) is 9.59 Å². The van der Waals surface area contributed by atoms with E-state index < -0.39 is 0 Å². The second-order valence-electron chi connectivity index (χ2n) is 10.1. The molecule has 0 aromatic rings. The Labute approximate surface area is 148 Å². The van der Waals surface area contributed by atoms with Crippen LogP contribution in [0.3, 0.4) is 0 Å². The maximum absolute atomic E-state index is 12.8. The van der Waals surface area contributed by atoms with Crippen molar-refractivity contribution in [1.82, 2.24) is 4.90 Å². The Bertz CT molecular complexity index is 453. The molecule has 138 valence electrons. The SMILES string of the molecule is CC(C)(C)C(=O)C1CCN(C(=O)C2CCC(C(C)(C)C)CC2)CC1. The number of hydrogen-bond donors (Lipinski definition) is 0. The van der Waals surface area contributed by atoms with Gasteiger partial charge in [-0.15, -0.1) is 0 Å². The molecule has 1 aliphatic carbocycles. The molecule has 2 fully saturated rings. The van der Waals surface area contributed by atoms with Gasteiger partial charge >= 0.3 is 0 Å². The number of nitrogens with zero attached hydrogens (tertiary/aromatic N) is 1. The number of carbonyl (C=O) groups excluding carboxylic acids is 2. The van der Waals surface area contributed by atoms with E-state index in [1.807, 2.05) is 25.7 Å². The number of carbonyl (C=O) groups is 2. The number of piperidine rings is 1. The van der Waals surface area contributed by atoms with Crippen molar-refractivity contribution in [2.24, 2.45) is 28.6 Å². The van der Waals surface area contributed by atoms with Crippen molar-refractivity contribution in [3.63, 3.8) is 0 Å². The van der Waals surface area contributed by atoms with Gasteiger partial charge in [0.2, 0.25) is 5.91 Å². The summed E-state index contributed by atoms with van der Waals surface area (Å²) in [5, 5.41) is 0. The normalized spacial score (nSPS) is 27.2. The van der Waals surface area contributed by atoms with Crippen molar-refractivity contribution in [3.05, 3.63) is 0 Å². The van der Waals surface area contributed by atoms with Crippen LogP contribution in [0.5, 0.6) is 0 Å². The zero-order valence-corrected chi connectivity index (χ0v) is 16.7. The quantitative estimate of drug-likeness (QED) is 0.734. The molecule has 3 nitrogen and oxygen atoms in total. The lowest BCUT2D eigenvalue weighted by Gasteiger charge is -2.39. The van der Waals surface area contributed by atoms with Crippen LogP contribution in [0.25, 0.3) is 0 Å². The highest BCUT2D eigenvalue weighted by atomic mass is 16.2. The third kappa shape index (κ3) is 4.61. The summed E-state index contributed by atoms with van der Waals surface area (Å²) in [6.07, 6.45) is 6.14. The molecule has 0 radical (unpaired) electrons. The molecule has 1 heterocycles. The predicted molar refractivity (Wildman–Crippen MR) is 98.7 cm³/mol. The van der Waals surface area contributed by atoms with Gasteiger partial charge in [-0.1, -0.05) is 41.5 Å². The van der Waals surface area contributed by atoms with Gasteiger partial charge in [0.05, 0.1) is 0 Å². The monoisotopic (exact) mass is 335 g/mol. The maximum Gasteiger partial charge on any atom is 0.225 e. The summed E-state index contributed by atoms with van der Waals surface area (Å²) >= 11 is 0. The van der Waals surface area contributed by atoms with Crippen LogP contribution >= 0.6 is 0 Å². The Kier molecular flexibility index (Phi) is 5.82. The molecule has 0 unspecified atom stereocenters. The highest BCUT2D eigenvalue weighted by molar-refractivity contribution is 5.86. The molecule has 1 aliphatic heterocycles. The molecule has 0 N–H and O–H groups in total. The van der Waals surface area contributed by atoms with Crippen molar-refractivity contribution in [1.29, 1.82) is 0 Å². The van der Waals surface area contributed by atoms with Gasteiger partial charge in [-0.05, 0) is 49.9 Å². The van der Waals surface area contributed by atoms with E-state index in [0.717, 1.165) is 44.7 Å². The van der Waals surface area contributed by atoms with Crippen LogP contribution in [0.2, 0.25) is 0 Å². The lowest BCUT2D eigenvalue weighted by atomic mass is 9.69. The highest BCUT2D eigenvalue weighted by Gasteiger charge is 2.37. The Morgan fingerprint density at radius 3 is 1.67 bits per heavy atom. The molecule has 0 spiro atoms. The highest BCUT2D eigenvalue weighted by Crippen LogP contribution is 2.40. The first-order chi connectivity index (χ1) is 11.0. The average molecular weight is 336 g/mol. The molecular formula is C21H37NO2. The minimum absolute atomic E-state index is 0.144. The molecular weight excluding hydrogens is 298 g/mol. The van der Waals surface area contributed by atoms with Gasteiger partial charge in [0, 0.05) is 30.3 Å². The van der Waals surface area contributed by atoms with E-state index in [1.54, 1.807) is 0 Å². The third-order valence-electron chi connectivity index (χ3n) is 6.22. The largest absolute Gasteiger partial charge is 0.342 e. The fourth-order valence-electron chi connectivity index (χ4n) is 4.44. The number of rotatable bonds is 2. The zero-order valence-electron chi connectivity index (χ0n) is 16.7. The standard InChI is InChI=1S/C21H37NO2/c1-20(2,3)17-9-7-16(8-10-17)19(24)22-13-11-15(12-14-22)18(23)21(4,5)6/h15-17H,7-14H2,1-6H3. The molecule has 1 saturated carbocycles. The van der Waals surface area contributed by atoms with Crippen LogP contribution in [-0.2, 0) is 9.59 Å². The van der Waals surface area contributed by atoms with Crippen LogP contribution in [0, 0.1) is 28.6 Å². The number of likely N-dealkylation sites (tertiary alicyclic amines) is 1. The molecule has 0 atom stereocenters. The number of hydrogen-bond acceptors (Lipinski definition) is 2. The molecule has 24 heavy (non-hydrogen) atoms. The Morgan fingerprint density at radius 2 is 1.25 bits per heavy atom. The van der Waals surface area contributed by atoms with E-state index in [0.29, 0.717) is 17.1 Å². The first-order valence-corrected chi connectivity index (χ1v) is 9.83. The van der Waals surface area contributed by atoms with E-state index >= 15 is 0 Å². The van der Waals surface area contributed by atoms with Gasteiger partial charge in [-0.25, -0.2) is 0 Å². The molecule has 0 aromatic carbocycles. The Hall–Kier alpha value is -0.860. The van der Waals surface area contributed by atoms with Gasteiger partial charge in [0.25, 0.3) is 0 Å². The lowest BCUT2D eigenvalue weighted by molar-refractivity contribution is -0.141. The summed E-state index contributed by atoms with van der Waals surface area (Å²) in [6, 6.07) is 0. The summed E-state index contributed by atoms with van der Waals surface area (Å²) in [5.74, 6) is 1.82. The van der Waals surface area contributed by atoms with Crippen LogP contribution < -0.4 is 0 Å². The number of Topliss-reactive ketones (excluding diaryl/α,β-unsaturated/α-hetero) is 1. The van der Waals surface area contributed by atoms with E-state index in [2.05, 4.69) is 20.8 Å². The molecule has 0 bridgehead atoms.